The monoisotopic (exact) mass is 498 g/mol. The van der Waals surface area contributed by atoms with Gasteiger partial charge in [0.05, 0.1) is 15.6 Å². The molecule has 0 saturated carbocycles. The molecular formula is C25H27ClN4O3S. The number of nitrogens with zero attached hydrogens (tertiary/aromatic N) is 2. The van der Waals surface area contributed by atoms with Gasteiger partial charge >= 0.3 is 0 Å². The number of carbonyl (C=O) groups is 1. The van der Waals surface area contributed by atoms with Crippen molar-refractivity contribution >= 4 is 44.7 Å². The molecule has 1 aromatic heterocycles. The van der Waals surface area contributed by atoms with Crippen LogP contribution in [-0.2, 0) is 14.8 Å². The van der Waals surface area contributed by atoms with E-state index < -0.39 is 10.0 Å². The van der Waals surface area contributed by atoms with Crippen LogP contribution in [0.25, 0.3) is 0 Å². The van der Waals surface area contributed by atoms with Gasteiger partial charge in [0.1, 0.15) is 5.82 Å². The predicted octanol–water partition coefficient (Wildman–Crippen LogP) is 5.01. The Morgan fingerprint density at radius 2 is 1.65 bits per heavy atom. The molecule has 1 aliphatic rings. The van der Waals surface area contributed by atoms with E-state index in [2.05, 4.69) is 19.9 Å². The van der Waals surface area contributed by atoms with Gasteiger partial charge in [0.25, 0.3) is 10.0 Å². The zero-order valence-corrected chi connectivity index (χ0v) is 20.7. The average molecular weight is 499 g/mol. The Balaban J connectivity index is 1.35. The van der Waals surface area contributed by atoms with Crippen LogP contribution in [-0.4, -0.2) is 32.4 Å². The molecule has 3 aromatic rings. The second kappa shape index (κ2) is 10.0. The van der Waals surface area contributed by atoms with Gasteiger partial charge in [0.2, 0.25) is 5.91 Å². The van der Waals surface area contributed by atoms with Crippen molar-refractivity contribution in [2.24, 2.45) is 5.92 Å². The van der Waals surface area contributed by atoms with Crippen LogP contribution >= 0.6 is 11.6 Å². The van der Waals surface area contributed by atoms with E-state index >= 15 is 0 Å². The molecule has 1 aliphatic heterocycles. The van der Waals surface area contributed by atoms with E-state index in [1.807, 2.05) is 44.2 Å². The van der Waals surface area contributed by atoms with Gasteiger partial charge in [-0.15, -0.1) is 0 Å². The minimum absolute atomic E-state index is 0.0621. The molecule has 2 N–H and O–H groups in total. The fourth-order valence-corrected chi connectivity index (χ4v) is 5.37. The number of benzene rings is 2. The smallest absolute Gasteiger partial charge is 0.261 e. The maximum atomic E-state index is 12.8. The van der Waals surface area contributed by atoms with Crippen molar-refractivity contribution in [3.8, 4) is 0 Å². The summed E-state index contributed by atoms with van der Waals surface area (Å²) >= 11 is 5.90. The normalized spacial score (nSPS) is 14.6. The molecule has 1 fully saturated rings. The number of hydrogen-bond acceptors (Lipinski definition) is 5. The van der Waals surface area contributed by atoms with E-state index in [0.717, 1.165) is 30.0 Å². The minimum atomic E-state index is -3.74. The molecule has 1 saturated heterocycles. The van der Waals surface area contributed by atoms with Crippen LogP contribution in [0, 0.1) is 19.8 Å². The van der Waals surface area contributed by atoms with E-state index in [1.165, 1.54) is 12.1 Å². The number of amides is 1. The molecule has 7 nitrogen and oxygen atoms in total. The number of para-hydroxylation sites is 1. The topological polar surface area (TPSA) is 91.4 Å². The molecule has 0 radical (unpaired) electrons. The molecule has 2 heterocycles. The van der Waals surface area contributed by atoms with Gasteiger partial charge in [0.15, 0.2) is 0 Å². The Labute approximate surface area is 205 Å². The Morgan fingerprint density at radius 3 is 2.24 bits per heavy atom. The fraction of sp³-hybridized carbons (Fsp3) is 0.280. The third kappa shape index (κ3) is 5.51. The van der Waals surface area contributed by atoms with Gasteiger partial charge in [0, 0.05) is 30.9 Å². The third-order valence-electron chi connectivity index (χ3n) is 6.05. The van der Waals surface area contributed by atoms with Crippen LogP contribution in [0.3, 0.4) is 0 Å². The number of rotatable bonds is 6. The van der Waals surface area contributed by atoms with Gasteiger partial charge in [-0.3, -0.25) is 9.52 Å². The van der Waals surface area contributed by atoms with Crippen LogP contribution in [0.15, 0.2) is 65.7 Å². The van der Waals surface area contributed by atoms with Crippen molar-refractivity contribution in [3.63, 3.8) is 0 Å². The van der Waals surface area contributed by atoms with Crippen LogP contribution in [0.1, 0.15) is 24.0 Å². The van der Waals surface area contributed by atoms with Crippen molar-refractivity contribution in [1.82, 2.24) is 4.98 Å². The zero-order chi connectivity index (χ0) is 24.3. The summed E-state index contributed by atoms with van der Waals surface area (Å²) in [7, 11) is -3.74. The van der Waals surface area contributed by atoms with E-state index in [9.17, 15) is 13.2 Å². The lowest BCUT2D eigenvalue weighted by atomic mass is 9.96. The predicted molar refractivity (Wildman–Crippen MR) is 136 cm³/mol. The molecule has 178 valence electrons. The highest BCUT2D eigenvalue weighted by Gasteiger charge is 2.26. The van der Waals surface area contributed by atoms with E-state index in [0.29, 0.717) is 29.2 Å². The first-order chi connectivity index (χ1) is 16.2. The van der Waals surface area contributed by atoms with Crippen LogP contribution in [0.5, 0.6) is 0 Å². The molecule has 0 bridgehead atoms. The molecule has 2 aromatic carbocycles. The van der Waals surface area contributed by atoms with Crippen LogP contribution < -0.4 is 14.9 Å². The number of hydrogen-bond donors (Lipinski definition) is 2. The molecule has 4 rings (SSSR count). The largest absolute Gasteiger partial charge is 0.357 e. The Bertz CT molecular complexity index is 1250. The van der Waals surface area contributed by atoms with Gasteiger partial charge in [-0.05, 0) is 74.2 Å². The van der Waals surface area contributed by atoms with Crippen molar-refractivity contribution in [3.05, 3.63) is 76.9 Å². The minimum Gasteiger partial charge on any atom is -0.357 e. The number of sulfonamides is 1. The number of pyridine rings is 1. The molecular weight excluding hydrogens is 472 g/mol. The van der Waals surface area contributed by atoms with Gasteiger partial charge in [-0.25, -0.2) is 13.4 Å². The summed E-state index contributed by atoms with van der Waals surface area (Å²) in [5.74, 6) is 0.681. The first-order valence-electron chi connectivity index (χ1n) is 11.1. The van der Waals surface area contributed by atoms with Crippen molar-refractivity contribution in [2.75, 3.05) is 28.0 Å². The van der Waals surface area contributed by atoms with Crippen molar-refractivity contribution < 1.29 is 13.2 Å². The molecule has 34 heavy (non-hydrogen) atoms. The van der Waals surface area contributed by atoms with Gasteiger partial charge in [-0.2, -0.15) is 0 Å². The Kier molecular flexibility index (Phi) is 7.09. The van der Waals surface area contributed by atoms with Gasteiger partial charge in [-0.1, -0.05) is 29.8 Å². The molecule has 0 aliphatic carbocycles. The molecule has 0 atom stereocenters. The molecule has 9 heteroatoms. The second-order valence-electron chi connectivity index (χ2n) is 8.48. The summed E-state index contributed by atoms with van der Waals surface area (Å²) in [5, 5.41) is 3.51. The van der Waals surface area contributed by atoms with Gasteiger partial charge < -0.3 is 10.2 Å². The number of carbonyl (C=O) groups excluding carboxylic acids is 1. The summed E-state index contributed by atoms with van der Waals surface area (Å²) in [4.78, 5) is 19.4. The number of halogens is 1. The number of nitrogens with one attached hydrogen (secondary N) is 2. The summed E-state index contributed by atoms with van der Waals surface area (Å²) in [6, 6.07) is 15.5. The summed E-state index contributed by atoms with van der Waals surface area (Å²) in [6.45, 7) is 5.18. The maximum absolute atomic E-state index is 12.8. The van der Waals surface area contributed by atoms with Crippen LogP contribution in [0.2, 0.25) is 5.02 Å². The van der Waals surface area contributed by atoms with E-state index in [1.54, 1.807) is 18.3 Å². The molecule has 1 amide bonds. The average Bonchev–Trinajstić information content (AvgIpc) is 2.82. The highest BCUT2D eigenvalue weighted by Crippen LogP contribution is 2.26. The van der Waals surface area contributed by atoms with Crippen LogP contribution in [0.4, 0.5) is 17.2 Å². The van der Waals surface area contributed by atoms with E-state index in [-0.39, 0.29) is 16.7 Å². The summed E-state index contributed by atoms with van der Waals surface area (Å²) in [6.07, 6.45) is 3.04. The van der Waals surface area contributed by atoms with Crippen molar-refractivity contribution in [2.45, 2.75) is 31.6 Å². The first-order valence-corrected chi connectivity index (χ1v) is 13.0. The second-order valence-corrected chi connectivity index (χ2v) is 10.6. The summed E-state index contributed by atoms with van der Waals surface area (Å²) in [5.41, 5.74) is 2.86. The molecule has 0 spiro atoms. The lowest BCUT2D eigenvalue weighted by Gasteiger charge is -2.32. The number of aryl methyl sites for hydroxylation is 2. The zero-order valence-electron chi connectivity index (χ0n) is 19.1. The Morgan fingerprint density at radius 1 is 1.00 bits per heavy atom. The highest BCUT2D eigenvalue weighted by molar-refractivity contribution is 7.92. The fourth-order valence-electron chi connectivity index (χ4n) is 4.06. The lowest BCUT2D eigenvalue weighted by Crippen LogP contribution is -2.38. The molecule has 0 unspecified atom stereocenters. The maximum Gasteiger partial charge on any atom is 0.261 e. The number of piperidine rings is 1. The number of anilines is 3. The highest BCUT2D eigenvalue weighted by atomic mass is 35.5. The number of aromatic nitrogens is 1. The third-order valence-corrected chi connectivity index (χ3v) is 7.64. The Hall–Kier alpha value is -3.10. The quantitative estimate of drug-likeness (QED) is 0.498. The van der Waals surface area contributed by atoms with E-state index in [4.69, 9.17) is 11.6 Å². The lowest BCUT2D eigenvalue weighted by molar-refractivity contribution is -0.120. The summed E-state index contributed by atoms with van der Waals surface area (Å²) < 4.78 is 28.3. The SMILES string of the molecule is Cc1cccc(C)c1NS(=O)(=O)c1ccc(NC(=O)C2CCN(c3ccc(Cl)cn3)CC2)cc1. The first kappa shape index (κ1) is 24.0. The van der Waals surface area contributed by atoms with Crippen molar-refractivity contribution in [1.29, 1.82) is 0 Å². The standard InChI is InChI=1S/C25H27ClN4O3S/c1-17-4-3-5-18(2)24(17)29-34(32,33)22-9-7-21(8-10-22)28-25(31)19-12-14-30(15-13-19)23-11-6-20(26)16-27-23/h3-11,16,19,29H,12-15H2,1-2H3,(H,28,31).